The Kier molecular flexibility index (Phi) is 4.89. The Morgan fingerprint density at radius 2 is 2.14 bits per heavy atom. The molecule has 1 amide bonds. The molecule has 9 nitrogen and oxygen atoms in total. The standard InChI is InChI=1S/C19H24N6O3S/c1-5-25-14(12-8-20-17(29-12)19(2,3)4)23-13-15(25)21-10-22-16(13)28-11-6-7-24(9-11)18(26)27/h8,10-11H,5-7,9H2,1-4H3,(H,26,27)/t11-/m0/s1. The summed E-state index contributed by atoms with van der Waals surface area (Å²) in [5, 5.41) is 10.2. The summed E-state index contributed by atoms with van der Waals surface area (Å²) in [6.45, 7) is 9.93. The first-order chi connectivity index (χ1) is 13.8. The zero-order valence-corrected chi connectivity index (χ0v) is 17.7. The molecule has 1 saturated heterocycles. The number of likely N-dealkylation sites (tertiary alicyclic amines) is 1. The van der Waals surface area contributed by atoms with Crippen molar-refractivity contribution in [3.8, 4) is 16.6 Å². The summed E-state index contributed by atoms with van der Waals surface area (Å²) in [6.07, 6.45) is 2.78. The van der Waals surface area contributed by atoms with E-state index < -0.39 is 6.09 Å². The van der Waals surface area contributed by atoms with Gasteiger partial charge < -0.3 is 19.3 Å². The van der Waals surface area contributed by atoms with Crippen LogP contribution >= 0.6 is 11.3 Å². The Balaban J connectivity index is 1.70. The third-order valence-electron chi connectivity index (χ3n) is 4.88. The number of hydrogen-bond acceptors (Lipinski definition) is 7. The SMILES string of the molecule is CCn1c(-c2cnc(C(C)(C)C)s2)nc2c(O[C@H]3CCN(C(=O)O)C3)ncnc21. The van der Waals surface area contributed by atoms with Gasteiger partial charge in [-0.25, -0.2) is 19.7 Å². The molecule has 1 N–H and O–H groups in total. The second-order valence-electron chi connectivity index (χ2n) is 8.07. The van der Waals surface area contributed by atoms with Crippen molar-refractivity contribution in [3.05, 3.63) is 17.5 Å². The third kappa shape index (κ3) is 3.64. The molecule has 29 heavy (non-hydrogen) atoms. The molecule has 0 aliphatic carbocycles. The van der Waals surface area contributed by atoms with Crippen molar-refractivity contribution in [2.75, 3.05) is 13.1 Å². The first-order valence-corrected chi connectivity index (χ1v) is 10.4. The summed E-state index contributed by atoms with van der Waals surface area (Å²) in [4.78, 5) is 31.6. The lowest BCUT2D eigenvalue weighted by molar-refractivity contribution is 0.145. The van der Waals surface area contributed by atoms with Crippen molar-refractivity contribution in [2.45, 2.75) is 52.2 Å². The fourth-order valence-electron chi connectivity index (χ4n) is 3.37. The van der Waals surface area contributed by atoms with Crippen LogP contribution < -0.4 is 4.74 Å². The average molecular weight is 417 g/mol. The van der Waals surface area contributed by atoms with E-state index in [2.05, 4.69) is 35.7 Å². The van der Waals surface area contributed by atoms with E-state index in [9.17, 15) is 4.79 Å². The number of amides is 1. The summed E-state index contributed by atoms with van der Waals surface area (Å²) in [5.41, 5.74) is 1.26. The molecule has 0 unspecified atom stereocenters. The number of aryl methyl sites for hydroxylation is 1. The van der Waals surface area contributed by atoms with Crippen molar-refractivity contribution < 1.29 is 14.6 Å². The monoisotopic (exact) mass is 416 g/mol. The molecule has 10 heteroatoms. The maximum absolute atomic E-state index is 11.2. The molecule has 1 fully saturated rings. The maximum atomic E-state index is 11.2. The molecule has 1 atom stereocenters. The number of nitrogens with zero attached hydrogens (tertiary/aromatic N) is 6. The van der Waals surface area contributed by atoms with Crippen LogP contribution in [0.4, 0.5) is 4.79 Å². The second-order valence-corrected chi connectivity index (χ2v) is 9.10. The predicted octanol–water partition coefficient (Wildman–Crippen LogP) is 3.40. The maximum Gasteiger partial charge on any atom is 0.407 e. The lowest BCUT2D eigenvalue weighted by Crippen LogP contribution is -2.29. The molecule has 0 aromatic carbocycles. The molecule has 0 saturated carbocycles. The zero-order valence-electron chi connectivity index (χ0n) is 16.9. The minimum Gasteiger partial charge on any atom is -0.471 e. The first-order valence-electron chi connectivity index (χ1n) is 9.60. The Morgan fingerprint density at radius 1 is 1.34 bits per heavy atom. The van der Waals surface area contributed by atoms with Crippen molar-refractivity contribution in [2.24, 2.45) is 0 Å². The van der Waals surface area contributed by atoms with E-state index in [0.717, 1.165) is 15.7 Å². The van der Waals surface area contributed by atoms with Crippen LogP contribution in [-0.2, 0) is 12.0 Å². The van der Waals surface area contributed by atoms with Gasteiger partial charge in [-0.05, 0) is 6.92 Å². The van der Waals surface area contributed by atoms with Crippen LogP contribution in [0.15, 0.2) is 12.5 Å². The highest BCUT2D eigenvalue weighted by Gasteiger charge is 2.29. The van der Waals surface area contributed by atoms with Crippen LogP contribution in [-0.4, -0.2) is 59.8 Å². The zero-order chi connectivity index (χ0) is 20.8. The van der Waals surface area contributed by atoms with Crippen LogP contribution in [0.1, 0.15) is 39.1 Å². The van der Waals surface area contributed by atoms with E-state index in [0.29, 0.717) is 43.1 Å². The van der Waals surface area contributed by atoms with Gasteiger partial charge in [-0.3, -0.25) is 0 Å². The van der Waals surface area contributed by atoms with Crippen LogP contribution in [0.3, 0.4) is 0 Å². The van der Waals surface area contributed by atoms with Crippen molar-refractivity contribution in [3.63, 3.8) is 0 Å². The molecule has 0 bridgehead atoms. The molecule has 1 aliphatic heterocycles. The summed E-state index contributed by atoms with van der Waals surface area (Å²) in [6, 6.07) is 0. The minimum absolute atomic E-state index is 0.0292. The highest BCUT2D eigenvalue weighted by atomic mass is 32.1. The summed E-state index contributed by atoms with van der Waals surface area (Å²) >= 11 is 1.62. The average Bonchev–Trinajstić information content (AvgIpc) is 3.39. The van der Waals surface area contributed by atoms with Gasteiger partial charge in [0.25, 0.3) is 0 Å². The lowest BCUT2D eigenvalue weighted by Gasteiger charge is -2.13. The number of thiazole rings is 1. The number of carbonyl (C=O) groups is 1. The number of rotatable bonds is 4. The third-order valence-corrected chi connectivity index (χ3v) is 6.30. The molecule has 4 rings (SSSR count). The van der Waals surface area contributed by atoms with E-state index in [1.54, 1.807) is 11.3 Å². The normalized spacial score (nSPS) is 17.2. The molecule has 0 radical (unpaired) electrons. The number of hydrogen-bond donors (Lipinski definition) is 1. The Bertz CT molecular complexity index is 1050. The van der Waals surface area contributed by atoms with Gasteiger partial charge in [0.05, 0.1) is 16.4 Å². The Labute approximate surface area is 172 Å². The highest BCUT2D eigenvalue weighted by Crippen LogP contribution is 2.35. The molecule has 3 aromatic rings. The van der Waals surface area contributed by atoms with Gasteiger partial charge in [0.1, 0.15) is 12.4 Å². The van der Waals surface area contributed by atoms with Crippen LogP contribution in [0.5, 0.6) is 5.88 Å². The van der Waals surface area contributed by atoms with Gasteiger partial charge in [-0.15, -0.1) is 11.3 Å². The Morgan fingerprint density at radius 3 is 2.76 bits per heavy atom. The number of fused-ring (bicyclic) bond motifs is 1. The van der Waals surface area contributed by atoms with Gasteiger partial charge >= 0.3 is 6.09 Å². The summed E-state index contributed by atoms with van der Waals surface area (Å²) in [7, 11) is 0. The largest absolute Gasteiger partial charge is 0.471 e. The molecule has 154 valence electrons. The topological polar surface area (TPSA) is 106 Å². The quantitative estimate of drug-likeness (QED) is 0.695. The van der Waals surface area contributed by atoms with Gasteiger partial charge in [0.15, 0.2) is 17.0 Å². The van der Waals surface area contributed by atoms with Crippen LogP contribution in [0.2, 0.25) is 0 Å². The molecular formula is C19H24N6O3S. The fraction of sp³-hybridized carbons (Fsp3) is 0.526. The summed E-state index contributed by atoms with van der Waals surface area (Å²) < 4.78 is 8.06. The Hall–Kier alpha value is -2.75. The van der Waals surface area contributed by atoms with Gasteiger partial charge in [-0.2, -0.15) is 4.98 Å². The second kappa shape index (κ2) is 7.25. The lowest BCUT2D eigenvalue weighted by atomic mass is 9.98. The van der Waals surface area contributed by atoms with Crippen LogP contribution in [0.25, 0.3) is 21.9 Å². The fourth-order valence-corrected chi connectivity index (χ4v) is 4.34. The molecule has 0 spiro atoms. The number of ether oxygens (including phenoxy) is 1. The molecule has 1 aliphatic rings. The predicted molar refractivity (Wildman–Crippen MR) is 109 cm³/mol. The van der Waals surface area contributed by atoms with E-state index in [1.807, 2.05) is 17.7 Å². The summed E-state index contributed by atoms with van der Waals surface area (Å²) in [5.74, 6) is 1.18. The van der Waals surface area contributed by atoms with E-state index in [1.165, 1.54) is 11.2 Å². The molecular weight excluding hydrogens is 392 g/mol. The van der Waals surface area contributed by atoms with Gasteiger partial charge in [0.2, 0.25) is 5.88 Å². The van der Waals surface area contributed by atoms with Gasteiger partial charge in [-0.1, -0.05) is 20.8 Å². The smallest absolute Gasteiger partial charge is 0.407 e. The number of carboxylic acid groups (broad SMARTS) is 1. The van der Waals surface area contributed by atoms with Crippen molar-refractivity contribution in [1.82, 2.24) is 29.4 Å². The highest BCUT2D eigenvalue weighted by molar-refractivity contribution is 7.15. The van der Waals surface area contributed by atoms with E-state index in [-0.39, 0.29) is 11.5 Å². The van der Waals surface area contributed by atoms with Crippen molar-refractivity contribution >= 4 is 28.6 Å². The van der Waals surface area contributed by atoms with E-state index >= 15 is 0 Å². The molecule has 4 heterocycles. The van der Waals surface area contributed by atoms with Crippen LogP contribution in [0, 0.1) is 0 Å². The van der Waals surface area contributed by atoms with E-state index in [4.69, 9.17) is 14.8 Å². The number of imidazole rings is 1. The first kappa shape index (κ1) is 19.6. The minimum atomic E-state index is -0.929. The van der Waals surface area contributed by atoms with Gasteiger partial charge in [0, 0.05) is 31.1 Å². The number of aromatic nitrogens is 5. The molecule has 3 aromatic heterocycles. The van der Waals surface area contributed by atoms with Crippen molar-refractivity contribution in [1.29, 1.82) is 0 Å².